The van der Waals surface area contributed by atoms with E-state index in [2.05, 4.69) is 17.1 Å². The number of aromatic nitrogens is 1. The second-order valence-corrected chi connectivity index (χ2v) is 8.38. The first-order valence-corrected chi connectivity index (χ1v) is 12.7. The van der Waals surface area contributed by atoms with Gasteiger partial charge in [-0.3, -0.25) is 17.5 Å². The molecule has 0 bridgehead atoms. The van der Waals surface area contributed by atoms with Crippen LogP contribution in [-0.4, -0.2) is 28.5 Å². The number of carbonyl (C=O) groups is 2. The maximum Gasteiger partial charge on any atom is 0.310 e. The van der Waals surface area contributed by atoms with Crippen LogP contribution in [0.15, 0.2) is 24.5 Å². The molecule has 1 heterocycles. The van der Waals surface area contributed by atoms with Crippen molar-refractivity contribution in [1.82, 2.24) is 8.76 Å². The van der Waals surface area contributed by atoms with E-state index in [9.17, 15) is 17.9 Å². The van der Waals surface area contributed by atoms with Gasteiger partial charge in [-0.15, -0.1) is 0 Å². The van der Waals surface area contributed by atoms with Crippen molar-refractivity contribution in [1.29, 1.82) is 0 Å². The lowest BCUT2D eigenvalue weighted by molar-refractivity contribution is -0.727. The lowest BCUT2D eigenvalue weighted by Gasteiger charge is -2.17. The van der Waals surface area contributed by atoms with Crippen LogP contribution in [-0.2, 0) is 24.2 Å². The molecule has 1 aromatic rings. The van der Waals surface area contributed by atoms with Crippen LogP contribution >= 0.6 is 21.5 Å². The fourth-order valence-corrected chi connectivity index (χ4v) is 3.25. The number of esters is 1. The quantitative estimate of drug-likeness (QED) is 0.0731. The maximum absolute atomic E-state index is 12.1. The summed E-state index contributed by atoms with van der Waals surface area (Å²) < 4.78 is 17.2. The van der Waals surface area contributed by atoms with Crippen molar-refractivity contribution >= 4 is 33.3 Å². The summed E-state index contributed by atoms with van der Waals surface area (Å²) in [5, 5.41) is 13.3. The van der Waals surface area contributed by atoms with Crippen molar-refractivity contribution in [3.8, 4) is 0 Å². The van der Waals surface area contributed by atoms with Crippen LogP contribution in [0, 0.1) is 5.21 Å². The Balaban J connectivity index is 2.19. The third-order valence-electron chi connectivity index (χ3n) is 4.62. The largest absolute Gasteiger partial charge is 0.751 e. The predicted molar refractivity (Wildman–Crippen MR) is 123 cm³/mol. The molecule has 9 nitrogen and oxygen atoms in total. The van der Waals surface area contributed by atoms with E-state index in [1.807, 2.05) is 0 Å². The van der Waals surface area contributed by atoms with Gasteiger partial charge in [-0.25, -0.2) is 0 Å². The molecule has 1 amide bonds. The number of amides is 1. The van der Waals surface area contributed by atoms with Crippen molar-refractivity contribution in [3.63, 3.8) is 0 Å². The first-order valence-electron chi connectivity index (χ1n) is 10.9. The summed E-state index contributed by atoms with van der Waals surface area (Å²) in [5.41, 5.74) is 0.382. The summed E-state index contributed by atoms with van der Waals surface area (Å²) >= 11 is -1.91. The lowest BCUT2D eigenvalue weighted by atomic mass is 10.1. The zero-order valence-electron chi connectivity index (χ0n) is 18.2. The van der Waals surface area contributed by atoms with Crippen molar-refractivity contribution in [3.05, 3.63) is 35.3 Å². The number of ether oxygens (including phenoxy) is 1. The summed E-state index contributed by atoms with van der Waals surface area (Å²) in [4.78, 5) is 28.6. The van der Waals surface area contributed by atoms with E-state index < -0.39 is 21.5 Å². The number of hydrogen-bond donors (Lipinski definition) is 1. The highest BCUT2D eigenvalue weighted by atomic mass is 127. The van der Waals surface area contributed by atoms with Gasteiger partial charge in [0.1, 0.15) is 5.56 Å². The minimum absolute atomic E-state index is 0.0184. The topological polar surface area (TPSA) is 112 Å². The van der Waals surface area contributed by atoms with Crippen LogP contribution in [0.25, 0.3) is 0 Å². The number of nitrogens with zero attached hydrogens (tertiary/aromatic N) is 2. The Hall–Kier alpha value is -1.50. The average molecular weight is 551 g/mol. The lowest BCUT2D eigenvalue weighted by Crippen LogP contribution is -2.37. The predicted octanol–water partition coefficient (Wildman–Crippen LogP) is 4.09. The molecule has 0 saturated carbocycles. The first kappa shape index (κ1) is 27.5. The third-order valence-corrected chi connectivity index (χ3v) is 5.22. The van der Waals surface area contributed by atoms with E-state index in [-0.39, 0.29) is 35.2 Å². The average Bonchev–Trinajstić information content (AvgIpc) is 2.79. The number of rotatable bonds is 18. The van der Waals surface area contributed by atoms with Gasteiger partial charge in [0.15, 0.2) is 12.4 Å². The van der Waals surface area contributed by atoms with Gasteiger partial charge in [-0.2, -0.15) is 8.01 Å². The van der Waals surface area contributed by atoms with E-state index in [1.54, 1.807) is 29.1 Å². The molecule has 0 unspecified atom stereocenters. The van der Waals surface area contributed by atoms with Crippen LogP contribution in [0.1, 0.15) is 81.5 Å². The molecular formula is C21H34IN3O6. The van der Waals surface area contributed by atoms with Crippen LogP contribution < -0.4 is 9.88 Å². The smallest absolute Gasteiger partial charge is 0.310 e. The fourth-order valence-electron chi connectivity index (χ4n) is 2.94. The summed E-state index contributed by atoms with van der Waals surface area (Å²) in [5.74, 6) is -0.598. The number of unbranched alkanes of at least 4 members (excludes halogenated alkanes) is 8. The Kier molecular flexibility index (Phi) is 16.1. The van der Waals surface area contributed by atoms with Gasteiger partial charge in [-0.1, -0.05) is 58.3 Å². The molecule has 1 N–H and O–H groups in total. The van der Waals surface area contributed by atoms with Gasteiger partial charge in [-0.05, 0) is 12.5 Å². The molecule has 0 aromatic carbocycles. The van der Waals surface area contributed by atoms with E-state index in [4.69, 9.17) is 4.74 Å². The normalized spacial score (nSPS) is 10.9. The Labute approximate surface area is 195 Å². The fraction of sp³-hybridized carbons (Fsp3) is 0.667. The van der Waals surface area contributed by atoms with Crippen molar-refractivity contribution in [2.24, 2.45) is 0 Å². The Morgan fingerprint density at radius 1 is 1.13 bits per heavy atom. The van der Waals surface area contributed by atoms with Gasteiger partial charge in [0.05, 0.1) is 6.61 Å². The van der Waals surface area contributed by atoms with Gasteiger partial charge in [0.25, 0.3) is 34.1 Å². The zero-order valence-corrected chi connectivity index (χ0v) is 20.4. The first-order chi connectivity index (χ1) is 15.1. The Morgan fingerprint density at radius 2 is 1.81 bits per heavy atom. The summed E-state index contributed by atoms with van der Waals surface area (Å²) in [6.07, 6.45) is 14.4. The molecule has 0 atom stereocenters. The number of halogens is 1. The van der Waals surface area contributed by atoms with E-state index in [0.717, 1.165) is 19.3 Å². The monoisotopic (exact) mass is 551 g/mol. The molecule has 0 fully saturated rings. The van der Waals surface area contributed by atoms with E-state index in [0.29, 0.717) is 12.0 Å². The molecule has 0 saturated heterocycles. The molecule has 0 aliphatic rings. The minimum atomic E-state index is -1.91. The van der Waals surface area contributed by atoms with Gasteiger partial charge >= 0.3 is 5.97 Å². The molecule has 176 valence electrons. The third kappa shape index (κ3) is 14.2. The van der Waals surface area contributed by atoms with Gasteiger partial charge in [0.2, 0.25) is 0 Å². The van der Waals surface area contributed by atoms with E-state index >= 15 is 0 Å². The summed E-state index contributed by atoms with van der Waals surface area (Å²) in [7, 11) is 0. The summed E-state index contributed by atoms with van der Waals surface area (Å²) in [6.45, 7) is 2.29. The SMILES string of the molecule is CCCCCCCCCCCC(=O)OC[n+]1cccc(C(=O)NCCON([O-])I=O)c1. The number of nitrogens with one attached hydrogen (secondary N) is 1. The van der Waals surface area contributed by atoms with Crippen molar-refractivity contribution < 1.29 is 26.8 Å². The van der Waals surface area contributed by atoms with Crippen LogP contribution in [0.2, 0.25) is 0 Å². The number of pyridine rings is 1. The second-order valence-electron chi connectivity index (χ2n) is 7.20. The molecule has 0 aliphatic carbocycles. The Morgan fingerprint density at radius 3 is 2.48 bits per heavy atom. The standard InChI is InChI=1S/C21H34IN3O6/c1-2-3-4-5-6-7-8-9-10-13-20(26)30-18-24-15-11-12-19(17-24)21(27)23-14-16-31-25(29)22-28/h11-12,15,17H,2-10,13-14,16,18H2,1H3,(H,23,27). The molecule has 0 spiro atoms. The number of carbonyl (C=O) groups excluding carboxylic acids is 2. The molecular weight excluding hydrogens is 517 g/mol. The molecule has 0 radical (unpaired) electrons. The zero-order chi connectivity index (χ0) is 22.7. The highest BCUT2D eigenvalue weighted by Gasteiger charge is 2.12. The van der Waals surface area contributed by atoms with Gasteiger partial charge in [0, 0.05) is 19.0 Å². The minimum Gasteiger partial charge on any atom is -0.751 e. The van der Waals surface area contributed by atoms with Crippen molar-refractivity contribution in [2.75, 3.05) is 13.2 Å². The molecule has 1 rings (SSSR count). The summed E-state index contributed by atoms with van der Waals surface area (Å²) in [6, 6.07) is 3.31. The van der Waals surface area contributed by atoms with Crippen LogP contribution in [0.3, 0.4) is 0 Å². The van der Waals surface area contributed by atoms with Crippen molar-refractivity contribution in [2.45, 2.75) is 77.9 Å². The second kappa shape index (κ2) is 18.1. The van der Waals surface area contributed by atoms with E-state index in [1.165, 1.54) is 38.5 Å². The highest BCUT2D eigenvalue weighted by molar-refractivity contribution is 14.1. The van der Waals surface area contributed by atoms with Crippen LogP contribution in [0.4, 0.5) is 0 Å². The molecule has 31 heavy (non-hydrogen) atoms. The van der Waals surface area contributed by atoms with Gasteiger partial charge < -0.3 is 15.3 Å². The number of hydrogen-bond acceptors (Lipinski definition) is 6. The highest BCUT2D eigenvalue weighted by Crippen LogP contribution is 2.10. The molecule has 1 aromatic heterocycles. The maximum atomic E-state index is 12.1. The molecule has 10 heteroatoms. The Bertz CT molecular complexity index is 662. The van der Waals surface area contributed by atoms with Crippen LogP contribution in [0.5, 0.6) is 0 Å². The molecule has 0 aliphatic heterocycles.